The molecule has 0 aliphatic rings. The van der Waals surface area contributed by atoms with Gasteiger partial charge in [-0.1, -0.05) is 15.9 Å². The van der Waals surface area contributed by atoms with Gasteiger partial charge in [-0.3, -0.25) is 0 Å². The number of ether oxygens (including phenoxy) is 1. The van der Waals surface area contributed by atoms with Crippen molar-refractivity contribution in [3.8, 4) is 11.4 Å². The van der Waals surface area contributed by atoms with Crippen LogP contribution in [-0.2, 0) is 4.74 Å². The number of methoxy groups -OCH3 is 1. The minimum Gasteiger partial charge on any atom is -0.383 e. The van der Waals surface area contributed by atoms with Crippen LogP contribution in [0.15, 0.2) is 16.6 Å². The molecule has 4 nitrogen and oxygen atoms in total. The smallest absolute Gasteiger partial charge is 0.202 e. The Hall–Kier alpha value is -0.980. The summed E-state index contributed by atoms with van der Waals surface area (Å²) in [7, 11) is 1.68. The average Bonchev–Trinajstić information content (AvgIpc) is 2.84. The van der Waals surface area contributed by atoms with Gasteiger partial charge in [0.1, 0.15) is 0 Å². The molecule has 2 rings (SSSR count). The van der Waals surface area contributed by atoms with E-state index in [0.29, 0.717) is 6.61 Å². The van der Waals surface area contributed by atoms with Gasteiger partial charge in [0.05, 0.1) is 6.61 Å². The lowest BCUT2D eigenvalue weighted by Gasteiger charge is -2.05. The highest BCUT2D eigenvalue weighted by molar-refractivity contribution is 9.10. The van der Waals surface area contributed by atoms with Gasteiger partial charge in [0.15, 0.2) is 5.82 Å². The fourth-order valence-electron chi connectivity index (χ4n) is 1.75. The van der Waals surface area contributed by atoms with E-state index in [1.807, 2.05) is 0 Å². The van der Waals surface area contributed by atoms with Crippen molar-refractivity contribution >= 4 is 32.6 Å². The lowest BCUT2D eigenvalue weighted by Crippen LogP contribution is -2.07. The molecule has 1 N–H and O–H groups in total. The number of halogens is 1. The van der Waals surface area contributed by atoms with E-state index in [1.54, 1.807) is 7.11 Å². The molecule has 1 heterocycles. The van der Waals surface area contributed by atoms with Crippen LogP contribution >= 0.6 is 27.5 Å². The first-order valence-corrected chi connectivity index (χ1v) is 7.52. The van der Waals surface area contributed by atoms with Crippen LogP contribution in [0.2, 0.25) is 0 Å². The highest BCUT2D eigenvalue weighted by Crippen LogP contribution is 2.28. The standard InChI is InChI=1S/C13H16BrN3OS/c1-8-6-10(7-9(2)11(8)14)12-16-13(19-17-12)15-4-5-18-3/h6-7H,4-5H2,1-3H3,(H,15,16,17). The Morgan fingerprint density at radius 3 is 2.63 bits per heavy atom. The van der Waals surface area contributed by atoms with Crippen molar-refractivity contribution in [1.82, 2.24) is 9.36 Å². The van der Waals surface area contributed by atoms with Crippen LogP contribution in [0, 0.1) is 13.8 Å². The number of hydrogen-bond donors (Lipinski definition) is 1. The number of benzene rings is 1. The first-order chi connectivity index (χ1) is 9.11. The minimum absolute atomic E-state index is 0.658. The number of anilines is 1. The second kappa shape index (κ2) is 6.45. The normalized spacial score (nSPS) is 10.7. The number of aromatic nitrogens is 2. The van der Waals surface area contributed by atoms with Gasteiger partial charge in [-0.15, -0.1) is 0 Å². The van der Waals surface area contributed by atoms with E-state index < -0.39 is 0 Å². The van der Waals surface area contributed by atoms with Gasteiger partial charge in [0.2, 0.25) is 5.13 Å². The first-order valence-electron chi connectivity index (χ1n) is 5.95. The van der Waals surface area contributed by atoms with Crippen molar-refractivity contribution in [2.75, 3.05) is 25.6 Å². The van der Waals surface area contributed by atoms with Crippen molar-refractivity contribution in [2.45, 2.75) is 13.8 Å². The van der Waals surface area contributed by atoms with E-state index in [0.717, 1.165) is 27.5 Å². The number of nitrogens with zero attached hydrogens (tertiary/aromatic N) is 2. The SMILES string of the molecule is COCCNc1nc(-c2cc(C)c(Br)c(C)c2)ns1. The van der Waals surface area contributed by atoms with E-state index >= 15 is 0 Å². The lowest BCUT2D eigenvalue weighted by molar-refractivity contribution is 0.211. The van der Waals surface area contributed by atoms with Crippen LogP contribution in [0.25, 0.3) is 11.4 Å². The molecule has 0 radical (unpaired) electrons. The Bertz CT molecular complexity index is 548. The van der Waals surface area contributed by atoms with E-state index in [-0.39, 0.29) is 0 Å². The third kappa shape index (κ3) is 3.52. The molecule has 0 bridgehead atoms. The van der Waals surface area contributed by atoms with Crippen molar-refractivity contribution in [3.63, 3.8) is 0 Å². The molecule has 0 fully saturated rings. The van der Waals surface area contributed by atoms with Gasteiger partial charge in [0, 0.05) is 35.2 Å². The van der Waals surface area contributed by atoms with Gasteiger partial charge in [-0.2, -0.15) is 9.36 Å². The zero-order valence-corrected chi connectivity index (χ0v) is 13.6. The Morgan fingerprint density at radius 1 is 1.32 bits per heavy atom. The summed E-state index contributed by atoms with van der Waals surface area (Å²) in [4.78, 5) is 4.49. The Balaban J connectivity index is 2.18. The molecule has 0 atom stereocenters. The van der Waals surface area contributed by atoms with E-state index in [1.165, 1.54) is 22.7 Å². The zero-order chi connectivity index (χ0) is 13.8. The summed E-state index contributed by atoms with van der Waals surface area (Å²) in [6.45, 7) is 5.55. The van der Waals surface area contributed by atoms with Gasteiger partial charge in [0.25, 0.3) is 0 Å². The van der Waals surface area contributed by atoms with E-state index in [9.17, 15) is 0 Å². The van der Waals surface area contributed by atoms with Crippen LogP contribution in [0.5, 0.6) is 0 Å². The van der Waals surface area contributed by atoms with Crippen LogP contribution in [0.1, 0.15) is 11.1 Å². The average molecular weight is 342 g/mol. The molecule has 1 aromatic carbocycles. The van der Waals surface area contributed by atoms with Crippen LogP contribution in [0.3, 0.4) is 0 Å². The molecule has 0 unspecified atom stereocenters. The zero-order valence-electron chi connectivity index (χ0n) is 11.2. The predicted octanol–water partition coefficient (Wildman–Crippen LogP) is 3.64. The summed E-state index contributed by atoms with van der Waals surface area (Å²) in [6, 6.07) is 4.19. The summed E-state index contributed by atoms with van der Waals surface area (Å²) < 4.78 is 10.5. The third-order valence-electron chi connectivity index (χ3n) is 2.70. The second-order valence-corrected chi connectivity index (χ2v) is 5.81. The lowest BCUT2D eigenvalue weighted by atomic mass is 10.1. The molecule has 6 heteroatoms. The molecular weight excluding hydrogens is 326 g/mol. The van der Waals surface area contributed by atoms with E-state index in [4.69, 9.17) is 4.74 Å². The summed E-state index contributed by atoms with van der Waals surface area (Å²) >= 11 is 4.94. The fraction of sp³-hybridized carbons (Fsp3) is 0.385. The third-order valence-corrected chi connectivity index (χ3v) is 4.63. The minimum atomic E-state index is 0.658. The number of hydrogen-bond acceptors (Lipinski definition) is 5. The van der Waals surface area contributed by atoms with E-state index in [2.05, 4.69) is 56.6 Å². The van der Waals surface area contributed by atoms with Crippen LogP contribution < -0.4 is 5.32 Å². The van der Waals surface area contributed by atoms with Gasteiger partial charge in [-0.25, -0.2) is 0 Å². The maximum atomic E-state index is 4.99. The van der Waals surface area contributed by atoms with Gasteiger partial charge >= 0.3 is 0 Å². The Kier molecular flexibility index (Phi) is 4.90. The Morgan fingerprint density at radius 2 is 2.00 bits per heavy atom. The first kappa shape index (κ1) is 14.4. The predicted molar refractivity (Wildman–Crippen MR) is 82.9 cm³/mol. The highest BCUT2D eigenvalue weighted by Gasteiger charge is 2.09. The van der Waals surface area contributed by atoms with Crippen molar-refractivity contribution < 1.29 is 4.74 Å². The number of nitrogens with one attached hydrogen (secondary N) is 1. The maximum Gasteiger partial charge on any atom is 0.202 e. The van der Waals surface area contributed by atoms with Crippen LogP contribution in [-0.4, -0.2) is 29.6 Å². The molecule has 102 valence electrons. The van der Waals surface area contributed by atoms with Crippen molar-refractivity contribution in [3.05, 3.63) is 27.7 Å². The second-order valence-electron chi connectivity index (χ2n) is 4.27. The monoisotopic (exact) mass is 341 g/mol. The molecule has 2 aromatic rings. The molecule has 0 amide bonds. The molecule has 1 aromatic heterocycles. The van der Waals surface area contributed by atoms with Gasteiger partial charge < -0.3 is 10.1 Å². The van der Waals surface area contributed by atoms with Crippen molar-refractivity contribution in [2.24, 2.45) is 0 Å². The summed E-state index contributed by atoms with van der Waals surface area (Å²) in [5, 5.41) is 4.01. The topological polar surface area (TPSA) is 47.0 Å². The molecule has 0 aliphatic heterocycles. The molecule has 0 saturated heterocycles. The summed E-state index contributed by atoms with van der Waals surface area (Å²) in [5.74, 6) is 0.767. The molecule has 19 heavy (non-hydrogen) atoms. The number of aryl methyl sites for hydroxylation is 2. The summed E-state index contributed by atoms with van der Waals surface area (Å²) in [6.07, 6.45) is 0. The van der Waals surface area contributed by atoms with Gasteiger partial charge in [-0.05, 0) is 37.1 Å². The largest absolute Gasteiger partial charge is 0.383 e. The summed E-state index contributed by atoms with van der Waals surface area (Å²) in [5.41, 5.74) is 3.44. The number of rotatable bonds is 5. The fourth-order valence-corrected chi connectivity index (χ4v) is 2.59. The Labute approximate surface area is 125 Å². The molecule has 0 saturated carbocycles. The quantitative estimate of drug-likeness (QED) is 0.843. The molecule has 0 spiro atoms. The molecule has 0 aliphatic carbocycles. The highest BCUT2D eigenvalue weighted by atomic mass is 79.9. The van der Waals surface area contributed by atoms with Crippen LogP contribution in [0.4, 0.5) is 5.13 Å². The maximum absolute atomic E-state index is 4.99. The van der Waals surface area contributed by atoms with Crippen molar-refractivity contribution in [1.29, 1.82) is 0 Å². The molecular formula is C13H16BrN3OS.